The number of amidine groups is 1. The summed E-state index contributed by atoms with van der Waals surface area (Å²) in [6, 6.07) is 6.25. The van der Waals surface area contributed by atoms with E-state index in [0.29, 0.717) is 11.6 Å². The number of anilines is 1. The topological polar surface area (TPSA) is 57.6 Å². The lowest BCUT2D eigenvalue weighted by Gasteiger charge is -2.15. The van der Waals surface area contributed by atoms with Gasteiger partial charge in [0.2, 0.25) is 5.91 Å². The van der Waals surface area contributed by atoms with E-state index in [1.54, 1.807) is 11.8 Å². The fraction of sp³-hybridized carbons (Fsp3) is 0.312. The molecule has 0 spiro atoms. The predicted octanol–water partition coefficient (Wildman–Crippen LogP) is 3.45. The van der Waals surface area contributed by atoms with E-state index in [-0.39, 0.29) is 5.91 Å². The molecule has 0 fully saturated rings. The molecule has 0 unspecified atom stereocenters. The molecule has 0 saturated heterocycles. The van der Waals surface area contributed by atoms with Crippen molar-refractivity contribution < 1.29 is 4.79 Å². The van der Waals surface area contributed by atoms with Gasteiger partial charge >= 0.3 is 0 Å². The van der Waals surface area contributed by atoms with E-state index < -0.39 is 0 Å². The number of aromatic nitrogens is 1. The number of nitrogens with zero attached hydrogens (tertiary/aromatic N) is 3. The Bertz CT molecular complexity index is 840. The van der Waals surface area contributed by atoms with Crippen LogP contribution in [0.1, 0.15) is 18.9 Å². The highest BCUT2D eigenvalue weighted by Gasteiger charge is 2.27. The summed E-state index contributed by atoms with van der Waals surface area (Å²) in [5.41, 5.74) is 3.25. The fourth-order valence-electron chi connectivity index (χ4n) is 2.69. The first-order valence-electron chi connectivity index (χ1n) is 7.60. The largest absolute Gasteiger partial charge is 0.322 e. The average molecular weight is 344 g/mol. The lowest BCUT2D eigenvalue weighted by Crippen LogP contribution is -2.24. The van der Waals surface area contributed by atoms with E-state index in [2.05, 4.69) is 39.2 Å². The monoisotopic (exact) mass is 344 g/mol. The van der Waals surface area contributed by atoms with E-state index in [4.69, 9.17) is 0 Å². The van der Waals surface area contributed by atoms with Gasteiger partial charge < -0.3 is 10.2 Å². The van der Waals surface area contributed by atoms with Gasteiger partial charge in [0.15, 0.2) is 10.3 Å². The quantitative estimate of drug-likeness (QED) is 0.923. The number of fused-ring (bicyclic) bond motifs is 2. The van der Waals surface area contributed by atoms with Crippen LogP contribution in [-0.2, 0) is 11.2 Å². The smallest absolute Gasteiger partial charge is 0.232 e. The van der Waals surface area contributed by atoms with Gasteiger partial charge in [0, 0.05) is 12.2 Å². The molecule has 2 aliphatic heterocycles. The van der Waals surface area contributed by atoms with Crippen LogP contribution in [0.2, 0.25) is 0 Å². The number of benzene rings is 1. The standard InChI is InChI=1S/C16H16N4OS2/c1-2-10-3-4-12-13(7-10)23-15(18-12)19-14(21)8-11-9-22-16-17-5-6-20(11)16/h3-4,7,9H,2,5-6,8H2,1H3,(H,18,19,21). The maximum atomic E-state index is 12.3. The number of hydrogen-bond acceptors (Lipinski definition) is 6. The van der Waals surface area contributed by atoms with Crippen LogP contribution in [0, 0.1) is 0 Å². The highest BCUT2D eigenvalue weighted by atomic mass is 32.2. The first-order valence-corrected chi connectivity index (χ1v) is 9.29. The molecule has 1 amide bonds. The van der Waals surface area contributed by atoms with E-state index >= 15 is 0 Å². The number of nitrogens with one attached hydrogen (secondary N) is 1. The molecule has 0 radical (unpaired) electrons. The Kier molecular flexibility index (Phi) is 3.82. The molecule has 0 aliphatic carbocycles. The maximum absolute atomic E-state index is 12.3. The summed E-state index contributed by atoms with van der Waals surface area (Å²) in [6.07, 6.45) is 1.36. The second kappa shape index (κ2) is 5.98. The van der Waals surface area contributed by atoms with Crippen LogP contribution < -0.4 is 5.32 Å². The molecule has 2 aromatic rings. The van der Waals surface area contributed by atoms with Crippen molar-refractivity contribution in [2.45, 2.75) is 19.8 Å². The van der Waals surface area contributed by atoms with Crippen LogP contribution in [0.4, 0.5) is 5.13 Å². The molecule has 0 atom stereocenters. The number of carbonyl (C=O) groups is 1. The summed E-state index contributed by atoms with van der Waals surface area (Å²) in [5, 5.41) is 6.63. The van der Waals surface area contributed by atoms with Crippen molar-refractivity contribution in [3.63, 3.8) is 0 Å². The van der Waals surface area contributed by atoms with Crippen molar-refractivity contribution in [2.24, 2.45) is 4.99 Å². The Balaban J connectivity index is 1.45. The van der Waals surface area contributed by atoms with Crippen LogP contribution in [-0.4, -0.2) is 34.0 Å². The minimum Gasteiger partial charge on any atom is -0.322 e. The highest BCUT2D eigenvalue weighted by Crippen LogP contribution is 2.31. The third-order valence-electron chi connectivity index (χ3n) is 3.90. The Morgan fingerprint density at radius 3 is 3.22 bits per heavy atom. The van der Waals surface area contributed by atoms with Gasteiger partial charge in [-0.05, 0) is 29.5 Å². The zero-order chi connectivity index (χ0) is 15.8. The zero-order valence-electron chi connectivity index (χ0n) is 12.7. The van der Waals surface area contributed by atoms with Crippen molar-refractivity contribution in [1.82, 2.24) is 9.88 Å². The predicted molar refractivity (Wildman–Crippen MR) is 96.9 cm³/mol. The molecule has 7 heteroatoms. The third kappa shape index (κ3) is 2.86. The van der Waals surface area contributed by atoms with Gasteiger partial charge in [-0.1, -0.05) is 36.1 Å². The van der Waals surface area contributed by atoms with Gasteiger partial charge in [0.25, 0.3) is 0 Å². The number of thiazole rings is 1. The number of amides is 1. The summed E-state index contributed by atoms with van der Waals surface area (Å²) in [6.45, 7) is 3.83. The Morgan fingerprint density at radius 1 is 1.43 bits per heavy atom. The van der Waals surface area contributed by atoms with E-state index in [0.717, 1.165) is 40.6 Å². The number of rotatable bonds is 4. The molecule has 0 saturated carbocycles. The fourth-order valence-corrected chi connectivity index (χ4v) is 4.59. The summed E-state index contributed by atoms with van der Waals surface area (Å²) >= 11 is 3.13. The van der Waals surface area contributed by atoms with E-state index in [1.165, 1.54) is 16.9 Å². The number of thioether (sulfide) groups is 1. The molecule has 0 bridgehead atoms. The molecule has 4 rings (SSSR count). The van der Waals surface area contributed by atoms with Crippen molar-refractivity contribution in [2.75, 3.05) is 18.4 Å². The Labute approximate surface area is 142 Å². The summed E-state index contributed by atoms with van der Waals surface area (Å²) < 4.78 is 1.12. The van der Waals surface area contributed by atoms with Crippen LogP contribution in [0.3, 0.4) is 0 Å². The van der Waals surface area contributed by atoms with Gasteiger partial charge in [-0.3, -0.25) is 9.79 Å². The van der Waals surface area contributed by atoms with Gasteiger partial charge in [-0.25, -0.2) is 4.98 Å². The third-order valence-corrected chi connectivity index (χ3v) is 5.78. The van der Waals surface area contributed by atoms with Crippen molar-refractivity contribution >= 4 is 49.5 Å². The molecule has 3 heterocycles. The SMILES string of the molecule is CCc1ccc2nc(NC(=O)CC3=CSC4=NCCN34)sc2c1. The molecule has 1 N–H and O–H groups in total. The van der Waals surface area contributed by atoms with Gasteiger partial charge in [0.1, 0.15) is 0 Å². The van der Waals surface area contributed by atoms with Crippen LogP contribution >= 0.6 is 23.1 Å². The molecule has 5 nitrogen and oxygen atoms in total. The van der Waals surface area contributed by atoms with Gasteiger partial charge in [-0.15, -0.1) is 0 Å². The molecule has 2 aliphatic rings. The van der Waals surface area contributed by atoms with Crippen LogP contribution in [0.25, 0.3) is 10.2 Å². The first kappa shape index (κ1) is 14.7. The van der Waals surface area contributed by atoms with Crippen LogP contribution in [0.5, 0.6) is 0 Å². The van der Waals surface area contributed by atoms with Gasteiger partial charge in [0.05, 0.1) is 23.2 Å². The summed E-state index contributed by atoms with van der Waals surface area (Å²) in [5.74, 6) is -0.0280. The average Bonchev–Trinajstić information content (AvgIpc) is 3.22. The maximum Gasteiger partial charge on any atom is 0.232 e. The summed E-state index contributed by atoms with van der Waals surface area (Å²) in [4.78, 5) is 23.3. The summed E-state index contributed by atoms with van der Waals surface area (Å²) in [7, 11) is 0. The first-order chi connectivity index (χ1) is 11.2. The van der Waals surface area contributed by atoms with Crippen LogP contribution in [0.15, 0.2) is 34.3 Å². The van der Waals surface area contributed by atoms with Crippen molar-refractivity contribution in [1.29, 1.82) is 0 Å². The zero-order valence-corrected chi connectivity index (χ0v) is 14.3. The van der Waals surface area contributed by atoms with Crippen molar-refractivity contribution in [3.8, 4) is 0 Å². The lowest BCUT2D eigenvalue weighted by atomic mass is 10.2. The number of carbonyl (C=O) groups excluding carboxylic acids is 1. The minimum absolute atomic E-state index is 0.0280. The molecular formula is C16H16N4OS2. The lowest BCUT2D eigenvalue weighted by molar-refractivity contribution is -0.115. The number of hydrogen-bond donors (Lipinski definition) is 1. The number of aryl methyl sites for hydroxylation is 1. The van der Waals surface area contributed by atoms with E-state index in [1.807, 2.05) is 11.5 Å². The molecule has 1 aromatic heterocycles. The highest BCUT2D eigenvalue weighted by molar-refractivity contribution is 8.16. The van der Waals surface area contributed by atoms with Gasteiger partial charge in [-0.2, -0.15) is 0 Å². The molecular weight excluding hydrogens is 328 g/mol. The minimum atomic E-state index is -0.0280. The molecule has 1 aromatic carbocycles. The molecule has 23 heavy (non-hydrogen) atoms. The Morgan fingerprint density at radius 2 is 2.35 bits per heavy atom. The second-order valence-corrected chi connectivity index (χ2v) is 7.31. The number of aliphatic imine (C=N–C) groups is 1. The normalized spacial score (nSPS) is 16.5. The Hall–Kier alpha value is -1.86. The van der Waals surface area contributed by atoms with E-state index in [9.17, 15) is 4.79 Å². The molecule has 118 valence electrons. The second-order valence-electron chi connectivity index (χ2n) is 5.44. The van der Waals surface area contributed by atoms with Crippen molar-refractivity contribution in [3.05, 3.63) is 34.9 Å².